The minimum Gasteiger partial charge on any atom is -0.311 e. The Hall–Kier alpha value is -0.940. The van der Waals surface area contributed by atoms with Crippen molar-refractivity contribution in [1.29, 1.82) is 0 Å². The fourth-order valence-corrected chi connectivity index (χ4v) is 2.46. The monoisotopic (exact) mass is 285 g/mol. The number of nitrogens with zero attached hydrogens (tertiary/aromatic N) is 3. The third-order valence-electron chi connectivity index (χ3n) is 2.72. The zero-order chi connectivity index (χ0) is 13.3. The van der Waals surface area contributed by atoms with E-state index < -0.39 is 10.8 Å². The Morgan fingerprint density at radius 1 is 1.44 bits per heavy atom. The van der Waals surface area contributed by atoms with Gasteiger partial charge in [-0.25, -0.2) is 9.97 Å². The van der Waals surface area contributed by atoms with Crippen LogP contribution in [-0.4, -0.2) is 30.8 Å². The Bertz CT molecular complexity index is 594. The molecule has 2 atom stereocenters. The Balaban J connectivity index is 2.53. The number of hydrogen-bond acceptors (Lipinski definition) is 3. The van der Waals surface area contributed by atoms with Gasteiger partial charge in [-0.3, -0.25) is 4.21 Å². The SMILES string of the molecule is Cc1ccc2nc(C(C)Cl)n(CCS(C)=O)c2n1. The van der Waals surface area contributed by atoms with Crippen molar-refractivity contribution in [3.05, 3.63) is 23.7 Å². The van der Waals surface area contributed by atoms with Crippen molar-refractivity contribution < 1.29 is 4.21 Å². The quantitative estimate of drug-likeness (QED) is 0.811. The molecule has 0 fully saturated rings. The van der Waals surface area contributed by atoms with Gasteiger partial charge in [0.1, 0.15) is 11.3 Å². The zero-order valence-electron chi connectivity index (χ0n) is 10.7. The summed E-state index contributed by atoms with van der Waals surface area (Å²) in [6.07, 6.45) is 1.70. The van der Waals surface area contributed by atoms with E-state index in [0.29, 0.717) is 12.3 Å². The van der Waals surface area contributed by atoms with Crippen LogP contribution in [0.2, 0.25) is 0 Å². The summed E-state index contributed by atoms with van der Waals surface area (Å²) in [5.41, 5.74) is 2.60. The third-order valence-corrected chi connectivity index (χ3v) is 3.67. The highest BCUT2D eigenvalue weighted by Gasteiger charge is 2.16. The summed E-state index contributed by atoms with van der Waals surface area (Å²) in [7, 11) is -0.839. The molecule has 98 valence electrons. The number of aromatic nitrogens is 3. The number of aryl methyl sites for hydroxylation is 2. The van der Waals surface area contributed by atoms with Crippen LogP contribution in [0.5, 0.6) is 0 Å². The topological polar surface area (TPSA) is 47.8 Å². The summed E-state index contributed by atoms with van der Waals surface area (Å²) in [6, 6.07) is 3.88. The number of alkyl halides is 1. The van der Waals surface area contributed by atoms with Crippen LogP contribution >= 0.6 is 11.6 Å². The molecule has 0 aliphatic heterocycles. The first-order valence-corrected chi connectivity index (χ1v) is 7.93. The van der Waals surface area contributed by atoms with E-state index in [1.807, 2.05) is 30.5 Å². The van der Waals surface area contributed by atoms with Crippen LogP contribution in [-0.2, 0) is 17.3 Å². The molecule has 2 unspecified atom stereocenters. The van der Waals surface area contributed by atoms with Crippen LogP contribution < -0.4 is 0 Å². The first-order chi connectivity index (χ1) is 8.49. The molecule has 0 aromatic carbocycles. The number of rotatable bonds is 4. The van der Waals surface area contributed by atoms with E-state index in [9.17, 15) is 4.21 Å². The van der Waals surface area contributed by atoms with Gasteiger partial charge in [0, 0.05) is 35.0 Å². The van der Waals surface area contributed by atoms with E-state index in [-0.39, 0.29) is 5.38 Å². The lowest BCUT2D eigenvalue weighted by molar-refractivity contribution is 0.671. The summed E-state index contributed by atoms with van der Waals surface area (Å²) >= 11 is 6.15. The molecule has 2 aromatic rings. The fraction of sp³-hybridized carbons (Fsp3) is 0.500. The Kier molecular flexibility index (Phi) is 4.02. The molecule has 0 spiro atoms. The number of pyridine rings is 1. The molecule has 2 heterocycles. The second kappa shape index (κ2) is 5.36. The van der Waals surface area contributed by atoms with Crippen LogP contribution in [0.25, 0.3) is 11.2 Å². The Labute approximate surface area is 114 Å². The average Bonchev–Trinajstić information content (AvgIpc) is 2.64. The molecule has 0 aliphatic carbocycles. The van der Waals surface area contributed by atoms with Gasteiger partial charge in [0.15, 0.2) is 5.65 Å². The van der Waals surface area contributed by atoms with E-state index in [1.165, 1.54) is 0 Å². The molecule has 0 bridgehead atoms. The van der Waals surface area contributed by atoms with Crippen LogP contribution in [0.4, 0.5) is 0 Å². The average molecular weight is 286 g/mol. The van der Waals surface area contributed by atoms with Crippen molar-refractivity contribution in [2.75, 3.05) is 12.0 Å². The standard InChI is InChI=1S/C12H16ClN3OS/c1-8-4-5-10-12(14-8)16(6-7-18(3)17)11(15-10)9(2)13/h4-5,9H,6-7H2,1-3H3. The lowest BCUT2D eigenvalue weighted by Crippen LogP contribution is -2.11. The van der Waals surface area contributed by atoms with E-state index in [1.54, 1.807) is 6.26 Å². The van der Waals surface area contributed by atoms with Crippen molar-refractivity contribution in [3.63, 3.8) is 0 Å². The van der Waals surface area contributed by atoms with Crippen LogP contribution in [0.3, 0.4) is 0 Å². The van der Waals surface area contributed by atoms with Gasteiger partial charge in [0.25, 0.3) is 0 Å². The van der Waals surface area contributed by atoms with Crippen LogP contribution in [0.15, 0.2) is 12.1 Å². The van der Waals surface area contributed by atoms with Gasteiger partial charge in [0.2, 0.25) is 0 Å². The first-order valence-electron chi connectivity index (χ1n) is 5.77. The molecule has 6 heteroatoms. The summed E-state index contributed by atoms with van der Waals surface area (Å²) in [5.74, 6) is 1.37. The smallest absolute Gasteiger partial charge is 0.160 e. The molecule has 0 radical (unpaired) electrons. The molecule has 0 amide bonds. The molecule has 0 saturated heterocycles. The minimum atomic E-state index is -0.839. The Morgan fingerprint density at radius 3 is 2.78 bits per heavy atom. The molecular weight excluding hydrogens is 270 g/mol. The highest BCUT2D eigenvalue weighted by molar-refractivity contribution is 7.84. The number of hydrogen-bond donors (Lipinski definition) is 0. The summed E-state index contributed by atoms with van der Waals surface area (Å²) in [5, 5.41) is -0.190. The maximum absolute atomic E-state index is 11.2. The van der Waals surface area contributed by atoms with Crippen LogP contribution in [0, 0.1) is 6.92 Å². The van der Waals surface area contributed by atoms with Crippen molar-refractivity contribution >= 4 is 33.6 Å². The predicted molar refractivity (Wildman–Crippen MR) is 75.5 cm³/mol. The highest BCUT2D eigenvalue weighted by Crippen LogP contribution is 2.23. The maximum atomic E-state index is 11.2. The third kappa shape index (κ3) is 2.72. The molecular formula is C12H16ClN3OS. The van der Waals surface area contributed by atoms with E-state index in [2.05, 4.69) is 9.97 Å². The molecule has 0 N–H and O–H groups in total. The second-order valence-electron chi connectivity index (χ2n) is 4.31. The predicted octanol–water partition coefficient (Wildman–Crippen LogP) is 2.42. The second-order valence-corrected chi connectivity index (χ2v) is 6.52. The van der Waals surface area contributed by atoms with Crippen molar-refractivity contribution in [1.82, 2.24) is 14.5 Å². The normalized spacial score (nSPS) is 14.9. The van der Waals surface area contributed by atoms with Crippen LogP contribution in [0.1, 0.15) is 23.8 Å². The molecule has 4 nitrogen and oxygen atoms in total. The van der Waals surface area contributed by atoms with Gasteiger partial charge in [-0.15, -0.1) is 11.6 Å². The zero-order valence-corrected chi connectivity index (χ0v) is 12.3. The molecule has 18 heavy (non-hydrogen) atoms. The van der Waals surface area contributed by atoms with Gasteiger partial charge in [-0.05, 0) is 26.0 Å². The lowest BCUT2D eigenvalue weighted by atomic mass is 10.3. The molecule has 2 aromatic heterocycles. The van der Waals surface area contributed by atoms with E-state index in [0.717, 1.165) is 22.7 Å². The number of imidazole rings is 1. The lowest BCUT2D eigenvalue weighted by Gasteiger charge is -2.08. The van der Waals surface area contributed by atoms with E-state index in [4.69, 9.17) is 11.6 Å². The van der Waals surface area contributed by atoms with Crippen molar-refractivity contribution in [2.45, 2.75) is 25.8 Å². The van der Waals surface area contributed by atoms with E-state index >= 15 is 0 Å². The molecule has 0 saturated carbocycles. The Morgan fingerprint density at radius 2 is 2.17 bits per heavy atom. The maximum Gasteiger partial charge on any atom is 0.160 e. The van der Waals surface area contributed by atoms with Crippen molar-refractivity contribution in [2.24, 2.45) is 0 Å². The largest absolute Gasteiger partial charge is 0.311 e. The van der Waals surface area contributed by atoms with Gasteiger partial charge >= 0.3 is 0 Å². The highest BCUT2D eigenvalue weighted by atomic mass is 35.5. The summed E-state index contributed by atoms with van der Waals surface area (Å²) < 4.78 is 13.2. The fourth-order valence-electron chi connectivity index (χ4n) is 1.86. The number of halogens is 1. The summed E-state index contributed by atoms with van der Waals surface area (Å²) in [6.45, 7) is 4.45. The van der Waals surface area contributed by atoms with Crippen molar-refractivity contribution in [3.8, 4) is 0 Å². The van der Waals surface area contributed by atoms with Gasteiger partial charge in [-0.2, -0.15) is 0 Å². The van der Waals surface area contributed by atoms with Gasteiger partial charge in [0.05, 0.1) is 5.38 Å². The molecule has 0 aliphatic rings. The first kappa shape index (κ1) is 13.5. The molecule has 2 rings (SSSR count). The van der Waals surface area contributed by atoms with Gasteiger partial charge < -0.3 is 4.57 Å². The summed E-state index contributed by atoms with van der Waals surface area (Å²) in [4.78, 5) is 9.00. The van der Waals surface area contributed by atoms with Gasteiger partial charge in [-0.1, -0.05) is 0 Å². The number of fused-ring (bicyclic) bond motifs is 1. The minimum absolute atomic E-state index is 0.190.